The number of ether oxygens (including phenoxy) is 1. The molecule has 138 valence electrons. The molecule has 1 aromatic heterocycles. The molecule has 0 aliphatic carbocycles. The first-order chi connectivity index (χ1) is 13.7. The van der Waals surface area contributed by atoms with Gasteiger partial charge in [0.25, 0.3) is 0 Å². The van der Waals surface area contributed by atoms with Crippen molar-refractivity contribution in [1.29, 1.82) is 0 Å². The lowest BCUT2D eigenvalue weighted by Crippen LogP contribution is -2.09. The molecule has 28 heavy (non-hydrogen) atoms. The van der Waals surface area contributed by atoms with Crippen molar-refractivity contribution in [1.82, 2.24) is 4.98 Å². The number of carbonyl (C=O) groups is 1. The van der Waals surface area contributed by atoms with E-state index in [1.54, 1.807) is 25.3 Å². The average Bonchev–Trinajstić information content (AvgIpc) is 3.17. The highest BCUT2D eigenvalue weighted by Gasteiger charge is 2.12. The quantitative estimate of drug-likeness (QED) is 0.493. The third kappa shape index (κ3) is 3.78. The van der Waals surface area contributed by atoms with Crippen LogP contribution >= 0.6 is 0 Å². The van der Waals surface area contributed by atoms with E-state index in [-0.39, 0.29) is 5.91 Å². The molecule has 0 fully saturated rings. The summed E-state index contributed by atoms with van der Waals surface area (Å²) in [5, 5.41) is 2.86. The van der Waals surface area contributed by atoms with Gasteiger partial charge in [-0.3, -0.25) is 4.79 Å². The summed E-state index contributed by atoms with van der Waals surface area (Å²) in [5.74, 6) is 0.789. The lowest BCUT2D eigenvalue weighted by atomic mass is 10.1. The molecule has 0 aliphatic heterocycles. The summed E-state index contributed by atoms with van der Waals surface area (Å²) in [6.45, 7) is 0. The minimum Gasteiger partial charge on any atom is -0.495 e. The summed E-state index contributed by atoms with van der Waals surface area (Å²) < 4.78 is 11.2. The van der Waals surface area contributed by atoms with Gasteiger partial charge in [-0.25, -0.2) is 4.98 Å². The van der Waals surface area contributed by atoms with Crippen molar-refractivity contribution >= 4 is 28.8 Å². The molecule has 0 bridgehead atoms. The molecule has 1 N–H and O–H groups in total. The van der Waals surface area contributed by atoms with Crippen LogP contribution in [0.1, 0.15) is 5.56 Å². The van der Waals surface area contributed by atoms with Gasteiger partial charge in [-0.2, -0.15) is 0 Å². The van der Waals surface area contributed by atoms with Crippen LogP contribution in [0.2, 0.25) is 0 Å². The maximum Gasteiger partial charge on any atom is 0.248 e. The van der Waals surface area contributed by atoms with Crippen molar-refractivity contribution in [3.05, 3.63) is 84.4 Å². The number of rotatable bonds is 5. The topological polar surface area (TPSA) is 64.4 Å². The van der Waals surface area contributed by atoms with Crippen LogP contribution in [0.4, 0.5) is 5.69 Å². The van der Waals surface area contributed by atoms with Gasteiger partial charge in [0.1, 0.15) is 11.3 Å². The predicted octanol–water partition coefficient (Wildman–Crippen LogP) is 5.16. The highest BCUT2D eigenvalue weighted by Crippen LogP contribution is 2.31. The summed E-state index contributed by atoms with van der Waals surface area (Å²) in [4.78, 5) is 16.9. The maximum atomic E-state index is 12.4. The van der Waals surface area contributed by atoms with E-state index < -0.39 is 0 Å². The molecule has 0 saturated heterocycles. The van der Waals surface area contributed by atoms with Gasteiger partial charge in [-0.15, -0.1) is 0 Å². The third-order valence-corrected chi connectivity index (χ3v) is 4.22. The van der Waals surface area contributed by atoms with Gasteiger partial charge in [0.2, 0.25) is 11.8 Å². The van der Waals surface area contributed by atoms with Crippen LogP contribution in [0.25, 0.3) is 28.6 Å². The van der Waals surface area contributed by atoms with Crippen LogP contribution in [0.15, 0.2) is 83.3 Å². The van der Waals surface area contributed by atoms with Crippen LogP contribution in [0.5, 0.6) is 5.75 Å². The number of fused-ring (bicyclic) bond motifs is 1. The van der Waals surface area contributed by atoms with E-state index in [1.807, 2.05) is 60.7 Å². The van der Waals surface area contributed by atoms with Gasteiger partial charge in [-0.05, 0) is 42.0 Å². The van der Waals surface area contributed by atoms with Crippen LogP contribution in [0, 0.1) is 0 Å². The molecule has 5 heteroatoms. The molecule has 0 spiro atoms. The summed E-state index contributed by atoms with van der Waals surface area (Å²) in [5.41, 5.74) is 3.74. The molecule has 0 saturated carbocycles. The van der Waals surface area contributed by atoms with E-state index in [0.717, 1.165) is 16.6 Å². The zero-order valence-electron chi connectivity index (χ0n) is 15.3. The fourth-order valence-corrected chi connectivity index (χ4v) is 2.84. The number of anilines is 1. The lowest BCUT2D eigenvalue weighted by molar-refractivity contribution is -0.111. The van der Waals surface area contributed by atoms with E-state index in [4.69, 9.17) is 9.15 Å². The Morgan fingerprint density at radius 3 is 2.61 bits per heavy atom. The average molecular weight is 370 g/mol. The van der Waals surface area contributed by atoms with Gasteiger partial charge in [0, 0.05) is 11.6 Å². The van der Waals surface area contributed by atoms with E-state index in [0.29, 0.717) is 22.9 Å². The minimum atomic E-state index is -0.253. The number of nitrogens with zero attached hydrogens (tertiary/aromatic N) is 1. The number of carbonyl (C=O) groups excluding carboxylic acids is 1. The maximum absolute atomic E-state index is 12.4. The first-order valence-electron chi connectivity index (χ1n) is 8.81. The van der Waals surface area contributed by atoms with Crippen molar-refractivity contribution in [2.24, 2.45) is 0 Å². The van der Waals surface area contributed by atoms with E-state index in [1.165, 1.54) is 6.08 Å². The number of nitrogens with one attached hydrogen (secondary N) is 1. The molecule has 3 aromatic carbocycles. The van der Waals surface area contributed by atoms with Crippen molar-refractivity contribution in [2.75, 3.05) is 12.4 Å². The fraction of sp³-hybridized carbons (Fsp3) is 0.0435. The van der Waals surface area contributed by atoms with Crippen molar-refractivity contribution in [3.63, 3.8) is 0 Å². The Bertz CT molecular complexity index is 1110. The Balaban J connectivity index is 1.60. The molecule has 4 aromatic rings. The second kappa shape index (κ2) is 7.80. The van der Waals surface area contributed by atoms with Crippen LogP contribution in [-0.4, -0.2) is 18.0 Å². The van der Waals surface area contributed by atoms with Gasteiger partial charge >= 0.3 is 0 Å². The lowest BCUT2D eigenvalue weighted by Gasteiger charge is -2.10. The molecular weight excluding hydrogens is 352 g/mol. The molecule has 5 nitrogen and oxygen atoms in total. The fourth-order valence-electron chi connectivity index (χ4n) is 2.84. The van der Waals surface area contributed by atoms with Gasteiger partial charge in [0.05, 0.1) is 12.8 Å². The molecule has 1 amide bonds. The molecule has 4 rings (SSSR count). The van der Waals surface area contributed by atoms with Crippen LogP contribution < -0.4 is 10.1 Å². The molecule has 1 heterocycles. The highest BCUT2D eigenvalue weighted by molar-refractivity contribution is 6.03. The zero-order chi connectivity index (χ0) is 19.3. The Kier molecular flexibility index (Phi) is 4.89. The second-order valence-corrected chi connectivity index (χ2v) is 6.14. The monoisotopic (exact) mass is 370 g/mol. The predicted molar refractivity (Wildman–Crippen MR) is 110 cm³/mol. The molecule has 0 atom stereocenters. The molecule has 0 aliphatic rings. The molecule has 0 radical (unpaired) electrons. The Hall–Kier alpha value is -3.86. The standard InChI is InChI=1S/C23H18N2O3/c1-27-20-13-12-17(23-25-18-9-5-6-10-21(18)28-23)15-19(20)24-22(26)14-11-16-7-3-2-4-8-16/h2-15H,1H3,(H,24,26)/b14-11-. The molecule has 0 unspecified atom stereocenters. The van der Waals surface area contributed by atoms with E-state index in [2.05, 4.69) is 10.3 Å². The third-order valence-electron chi connectivity index (χ3n) is 4.22. The van der Waals surface area contributed by atoms with Crippen LogP contribution in [0.3, 0.4) is 0 Å². The van der Waals surface area contributed by atoms with Crippen molar-refractivity contribution in [2.45, 2.75) is 0 Å². The Labute approximate surface area is 162 Å². The Morgan fingerprint density at radius 2 is 1.82 bits per heavy atom. The summed E-state index contributed by atoms with van der Waals surface area (Å²) in [6.07, 6.45) is 3.24. The number of aromatic nitrogens is 1. The number of amides is 1. The number of hydrogen-bond acceptors (Lipinski definition) is 4. The molecular formula is C23H18N2O3. The van der Waals surface area contributed by atoms with E-state index >= 15 is 0 Å². The van der Waals surface area contributed by atoms with Gasteiger partial charge in [0.15, 0.2) is 5.58 Å². The van der Waals surface area contributed by atoms with Gasteiger partial charge in [-0.1, -0.05) is 42.5 Å². The Morgan fingerprint density at radius 1 is 1.04 bits per heavy atom. The largest absolute Gasteiger partial charge is 0.495 e. The van der Waals surface area contributed by atoms with Crippen molar-refractivity contribution in [3.8, 4) is 17.2 Å². The number of hydrogen-bond donors (Lipinski definition) is 1. The number of para-hydroxylation sites is 2. The SMILES string of the molecule is COc1ccc(-c2nc3ccccc3o2)cc1NC(=O)/C=C\c1ccccc1. The number of methoxy groups -OCH3 is 1. The van der Waals surface area contributed by atoms with E-state index in [9.17, 15) is 4.79 Å². The summed E-state index contributed by atoms with van der Waals surface area (Å²) in [7, 11) is 1.56. The number of oxazole rings is 1. The summed E-state index contributed by atoms with van der Waals surface area (Å²) in [6, 6.07) is 22.6. The van der Waals surface area contributed by atoms with Gasteiger partial charge < -0.3 is 14.5 Å². The summed E-state index contributed by atoms with van der Waals surface area (Å²) >= 11 is 0. The highest BCUT2D eigenvalue weighted by atomic mass is 16.5. The first kappa shape index (κ1) is 17.5. The zero-order valence-corrected chi connectivity index (χ0v) is 15.3. The smallest absolute Gasteiger partial charge is 0.248 e. The normalized spacial score (nSPS) is 11.0. The second-order valence-electron chi connectivity index (χ2n) is 6.14. The number of benzene rings is 3. The van der Waals surface area contributed by atoms with Crippen molar-refractivity contribution < 1.29 is 13.9 Å². The minimum absolute atomic E-state index is 0.253. The first-order valence-corrected chi connectivity index (χ1v) is 8.81. The van der Waals surface area contributed by atoms with Crippen LogP contribution in [-0.2, 0) is 4.79 Å².